The largest absolute Gasteiger partial charge is 0.274 e. The van der Waals surface area contributed by atoms with Crippen molar-refractivity contribution in [2.45, 2.75) is 12.8 Å². The zero-order chi connectivity index (χ0) is 14.4. The first kappa shape index (κ1) is 12.1. The average molecular weight is 275 g/mol. The van der Waals surface area contributed by atoms with Gasteiger partial charge in [-0.3, -0.25) is 9.59 Å². The summed E-state index contributed by atoms with van der Waals surface area (Å²) in [6.45, 7) is 0. The Kier molecular flexibility index (Phi) is 2.54. The molecule has 102 valence electrons. The molecule has 1 heterocycles. The minimum Gasteiger partial charge on any atom is -0.274 e. The van der Waals surface area contributed by atoms with Crippen LogP contribution in [0.3, 0.4) is 0 Å². The molecule has 0 radical (unpaired) electrons. The fourth-order valence-electron chi connectivity index (χ4n) is 2.99. The van der Waals surface area contributed by atoms with E-state index in [1.165, 1.54) is 4.90 Å². The third kappa shape index (κ3) is 1.82. The molecular weight excluding hydrogens is 262 g/mol. The van der Waals surface area contributed by atoms with Crippen molar-refractivity contribution in [2.24, 2.45) is 0 Å². The van der Waals surface area contributed by atoms with Crippen LogP contribution >= 0.6 is 0 Å². The van der Waals surface area contributed by atoms with Crippen molar-refractivity contribution in [2.75, 3.05) is 4.90 Å². The van der Waals surface area contributed by atoms with Crippen molar-refractivity contribution < 1.29 is 9.59 Å². The van der Waals surface area contributed by atoms with Gasteiger partial charge in [-0.05, 0) is 34.4 Å². The number of amides is 2. The van der Waals surface area contributed by atoms with Crippen molar-refractivity contribution in [3.05, 3.63) is 54.6 Å². The van der Waals surface area contributed by atoms with E-state index in [1.54, 1.807) is 0 Å². The predicted octanol–water partition coefficient (Wildman–Crippen LogP) is 3.65. The lowest BCUT2D eigenvalue weighted by molar-refractivity contribution is -0.121. The minimum absolute atomic E-state index is 0.111. The standard InChI is InChI=1S/C18H13NO2/c20-17-8-9-18(21)19(17)16-7-3-6-14-10-12-4-1-2-5-13(12)11-15(14)16/h1-7,10-11H,8-9H2. The molecule has 21 heavy (non-hydrogen) atoms. The Labute approximate surface area is 121 Å². The van der Waals surface area contributed by atoms with Crippen LogP contribution in [0.2, 0.25) is 0 Å². The zero-order valence-electron chi connectivity index (χ0n) is 11.4. The van der Waals surface area contributed by atoms with Gasteiger partial charge in [-0.25, -0.2) is 4.90 Å². The lowest BCUT2D eigenvalue weighted by atomic mass is 10.0. The van der Waals surface area contributed by atoms with E-state index in [0.717, 1.165) is 21.5 Å². The first-order chi connectivity index (χ1) is 10.2. The third-order valence-electron chi connectivity index (χ3n) is 4.02. The first-order valence-corrected chi connectivity index (χ1v) is 7.01. The van der Waals surface area contributed by atoms with E-state index >= 15 is 0 Å². The number of carbonyl (C=O) groups is 2. The van der Waals surface area contributed by atoms with Crippen LogP contribution in [0, 0.1) is 0 Å². The minimum atomic E-state index is -0.111. The fraction of sp³-hybridized carbons (Fsp3) is 0.111. The highest BCUT2D eigenvalue weighted by atomic mass is 16.2. The van der Waals surface area contributed by atoms with Crippen molar-refractivity contribution in [3.63, 3.8) is 0 Å². The Balaban J connectivity index is 2.03. The number of benzene rings is 3. The van der Waals surface area contributed by atoms with Crippen molar-refractivity contribution >= 4 is 39.0 Å². The lowest BCUT2D eigenvalue weighted by Gasteiger charge is -2.17. The molecule has 0 atom stereocenters. The average Bonchev–Trinajstić information content (AvgIpc) is 2.84. The second-order valence-electron chi connectivity index (χ2n) is 5.32. The van der Waals surface area contributed by atoms with Crippen LogP contribution in [0.4, 0.5) is 5.69 Å². The SMILES string of the molecule is O=C1CCC(=O)N1c1cccc2cc3ccccc3cc12. The number of hydrogen-bond donors (Lipinski definition) is 0. The number of fused-ring (bicyclic) bond motifs is 2. The molecule has 3 aromatic rings. The molecule has 0 unspecified atom stereocenters. The van der Waals surface area contributed by atoms with E-state index in [2.05, 4.69) is 18.2 Å². The van der Waals surface area contributed by atoms with Gasteiger partial charge in [-0.2, -0.15) is 0 Å². The Morgan fingerprint density at radius 3 is 2.05 bits per heavy atom. The highest BCUT2D eigenvalue weighted by molar-refractivity contribution is 6.23. The van der Waals surface area contributed by atoms with Crippen molar-refractivity contribution in [1.82, 2.24) is 0 Å². The van der Waals surface area contributed by atoms with Crippen LogP contribution in [-0.4, -0.2) is 11.8 Å². The number of carbonyl (C=O) groups excluding carboxylic acids is 2. The van der Waals surface area contributed by atoms with E-state index in [9.17, 15) is 9.59 Å². The van der Waals surface area contributed by atoms with Gasteiger partial charge >= 0.3 is 0 Å². The number of rotatable bonds is 1. The van der Waals surface area contributed by atoms with E-state index < -0.39 is 0 Å². The number of imide groups is 1. The summed E-state index contributed by atoms with van der Waals surface area (Å²) >= 11 is 0. The molecule has 1 aliphatic rings. The molecule has 3 aromatic carbocycles. The van der Waals surface area contributed by atoms with Gasteiger partial charge in [0.1, 0.15) is 0 Å². The highest BCUT2D eigenvalue weighted by Gasteiger charge is 2.31. The quantitative estimate of drug-likeness (QED) is 0.502. The van der Waals surface area contributed by atoms with Crippen molar-refractivity contribution in [1.29, 1.82) is 0 Å². The maximum atomic E-state index is 12.0. The Morgan fingerprint density at radius 2 is 1.33 bits per heavy atom. The molecule has 3 nitrogen and oxygen atoms in total. The van der Waals surface area contributed by atoms with E-state index in [1.807, 2.05) is 36.4 Å². The van der Waals surface area contributed by atoms with E-state index in [4.69, 9.17) is 0 Å². The van der Waals surface area contributed by atoms with Gasteiger partial charge in [0, 0.05) is 18.2 Å². The van der Waals surface area contributed by atoms with Gasteiger partial charge in [-0.15, -0.1) is 0 Å². The molecule has 0 saturated carbocycles. The molecule has 1 fully saturated rings. The summed E-state index contributed by atoms with van der Waals surface area (Å²) in [7, 11) is 0. The molecule has 1 saturated heterocycles. The smallest absolute Gasteiger partial charge is 0.234 e. The maximum Gasteiger partial charge on any atom is 0.234 e. The van der Waals surface area contributed by atoms with Gasteiger partial charge in [0.05, 0.1) is 5.69 Å². The summed E-state index contributed by atoms with van der Waals surface area (Å²) < 4.78 is 0. The third-order valence-corrected chi connectivity index (χ3v) is 4.02. The topological polar surface area (TPSA) is 37.4 Å². The number of nitrogens with zero attached hydrogens (tertiary/aromatic N) is 1. The molecule has 2 amide bonds. The zero-order valence-corrected chi connectivity index (χ0v) is 11.4. The Bertz CT molecular complexity index is 882. The summed E-state index contributed by atoms with van der Waals surface area (Å²) in [5.41, 5.74) is 0.700. The number of hydrogen-bond acceptors (Lipinski definition) is 2. The molecule has 3 heteroatoms. The van der Waals surface area contributed by atoms with Crippen LogP contribution in [0.25, 0.3) is 21.5 Å². The van der Waals surface area contributed by atoms with Crippen LogP contribution in [-0.2, 0) is 9.59 Å². The molecule has 0 spiro atoms. The summed E-state index contributed by atoms with van der Waals surface area (Å²) in [4.78, 5) is 25.3. The lowest BCUT2D eigenvalue weighted by Crippen LogP contribution is -2.28. The first-order valence-electron chi connectivity index (χ1n) is 7.01. The molecular formula is C18H13NO2. The number of anilines is 1. The van der Waals surface area contributed by atoms with E-state index in [-0.39, 0.29) is 11.8 Å². The monoisotopic (exact) mass is 275 g/mol. The summed E-state index contributed by atoms with van der Waals surface area (Å²) in [5.74, 6) is -0.221. The summed E-state index contributed by atoms with van der Waals surface area (Å²) in [6.07, 6.45) is 0.617. The fourth-order valence-corrected chi connectivity index (χ4v) is 2.99. The normalized spacial score (nSPS) is 15.3. The highest BCUT2D eigenvalue weighted by Crippen LogP contribution is 2.33. The molecule has 0 aromatic heterocycles. The van der Waals surface area contributed by atoms with Crippen LogP contribution in [0.15, 0.2) is 54.6 Å². The van der Waals surface area contributed by atoms with Crippen LogP contribution < -0.4 is 4.90 Å². The van der Waals surface area contributed by atoms with Gasteiger partial charge in [0.15, 0.2) is 0 Å². The van der Waals surface area contributed by atoms with Crippen LogP contribution in [0.1, 0.15) is 12.8 Å². The van der Waals surface area contributed by atoms with E-state index in [0.29, 0.717) is 18.5 Å². The van der Waals surface area contributed by atoms with Crippen LogP contribution in [0.5, 0.6) is 0 Å². The summed E-state index contributed by atoms with van der Waals surface area (Å²) in [6, 6.07) is 18.0. The second kappa shape index (κ2) is 4.42. The van der Waals surface area contributed by atoms with Gasteiger partial charge in [0.2, 0.25) is 11.8 Å². The molecule has 0 aliphatic carbocycles. The molecule has 1 aliphatic heterocycles. The molecule has 0 bridgehead atoms. The Hall–Kier alpha value is -2.68. The second-order valence-corrected chi connectivity index (χ2v) is 5.32. The van der Waals surface area contributed by atoms with Crippen molar-refractivity contribution in [3.8, 4) is 0 Å². The summed E-state index contributed by atoms with van der Waals surface area (Å²) in [5, 5.41) is 4.25. The maximum absolute atomic E-state index is 12.0. The van der Waals surface area contributed by atoms with Gasteiger partial charge < -0.3 is 0 Å². The Morgan fingerprint density at radius 1 is 0.714 bits per heavy atom. The molecule has 0 N–H and O–H groups in total. The predicted molar refractivity (Wildman–Crippen MR) is 83.2 cm³/mol. The molecule has 4 rings (SSSR count). The van der Waals surface area contributed by atoms with Gasteiger partial charge in [-0.1, -0.05) is 36.4 Å². The van der Waals surface area contributed by atoms with Gasteiger partial charge in [0.25, 0.3) is 0 Å².